The molecule has 0 radical (unpaired) electrons. The molecule has 2 aliphatic rings. The highest BCUT2D eigenvalue weighted by Crippen LogP contribution is 2.62. The average molecular weight is 499 g/mol. The van der Waals surface area contributed by atoms with E-state index in [0.717, 1.165) is 33.4 Å². The number of nitrogens with zero attached hydrogens (tertiary/aromatic N) is 1. The van der Waals surface area contributed by atoms with Crippen LogP contribution in [0.5, 0.6) is 0 Å². The molecule has 178 valence electrons. The molecule has 2 aromatic carbocycles. The second kappa shape index (κ2) is 7.97. The molecule has 1 fully saturated rings. The molecule has 3 aromatic rings. The Labute approximate surface area is 204 Å². The predicted molar refractivity (Wildman–Crippen MR) is 131 cm³/mol. The normalized spacial score (nSPS) is 23.0. The van der Waals surface area contributed by atoms with Crippen molar-refractivity contribution in [2.45, 2.75) is 44.7 Å². The van der Waals surface area contributed by atoms with Gasteiger partial charge in [0.2, 0.25) is 15.9 Å². The number of furan rings is 1. The van der Waals surface area contributed by atoms with Crippen LogP contribution in [0.2, 0.25) is 5.22 Å². The van der Waals surface area contributed by atoms with Gasteiger partial charge in [0.25, 0.3) is 0 Å². The molecule has 1 aliphatic heterocycles. The van der Waals surface area contributed by atoms with Gasteiger partial charge in [-0.05, 0) is 77.7 Å². The van der Waals surface area contributed by atoms with Crippen LogP contribution < -0.4 is 5.73 Å². The van der Waals surface area contributed by atoms with Gasteiger partial charge in [0.1, 0.15) is 5.76 Å². The zero-order valence-electron chi connectivity index (χ0n) is 19.3. The van der Waals surface area contributed by atoms with Crippen molar-refractivity contribution in [3.63, 3.8) is 0 Å². The lowest BCUT2D eigenvalue weighted by molar-refractivity contribution is -0.120. The first kappa shape index (κ1) is 23.1. The Kier molecular flexibility index (Phi) is 5.43. The van der Waals surface area contributed by atoms with Crippen molar-refractivity contribution in [3.8, 4) is 0 Å². The van der Waals surface area contributed by atoms with E-state index in [2.05, 4.69) is 25.1 Å². The summed E-state index contributed by atoms with van der Waals surface area (Å²) in [5.74, 6) is 0.0118. The summed E-state index contributed by atoms with van der Waals surface area (Å²) in [7, 11) is -3.30. The molecule has 3 atom stereocenters. The highest BCUT2D eigenvalue weighted by Gasteiger charge is 2.64. The first-order chi connectivity index (χ1) is 16.0. The summed E-state index contributed by atoms with van der Waals surface area (Å²) in [6, 6.07) is 15.6. The Morgan fingerprint density at radius 1 is 1.12 bits per heavy atom. The topological polar surface area (TPSA) is 93.6 Å². The summed E-state index contributed by atoms with van der Waals surface area (Å²) in [6.45, 7) is 4.75. The van der Waals surface area contributed by atoms with Crippen molar-refractivity contribution >= 4 is 27.5 Å². The highest BCUT2D eigenvalue weighted by atomic mass is 35.5. The molecular weight excluding hydrogens is 472 g/mol. The minimum Gasteiger partial charge on any atom is -0.449 e. The summed E-state index contributed by atoms with van der Waals surface area (Å²) in [6.07, 6.45) is 1.79. The monoisotopic (exact) mass is 498 g/mol. The Bertz CT molecular complexity index is 1410. The van der Waals surface area contributed by atoms with Crippen molar-refractivity contribution in [2.24, 2.45) is 11.7 Å². The van der Waals surface area contributed by atoms with Crippen LogP contribution in [-0.4, -0.2) is 24.9 Å². The molecule has 1 saturated carbocycles. The molecule has 1 aromatic heterocycles. The summed E-state index contributed by atoms with van der Waals surface area (Å²) >= 11 is 6.14. The molecule has 0 bridgehead atoms. The van der Waals surface area contributed by atoms with E-state index >= 15 is 0 Å². The third kappa shape index (κ3) is 3.76. The van der Waals surface area contributed by atoms with E-state index in [-0.39, 0.29) is 17.7 Å². The van der Waals surface area contributed by atoms with Gasteiger partial charge in [0.15, 0.2) is 5.22 Å². The smallest absolute Gasteiger partial charge is 0.228 e. The van der Waals surface area contributed by atoms with Gasteiger partial charge in [-0.2, -0.15) is 4.31 Å². The van der Waals surface area contributed by atoms with Crippen molar-refractivity contribution in [1.29, 1.82) is 0 Å². The zero-order valence-corrected chi connectivity index (χ0v) is 20.9. The van der Waals surface area contributed by atoms with Crippen LogP contribution in [0.25, 0.3) is 0 Å². The Balaban J connectivity index is 1.57. The number of sulfonamides is 1. The quantitative estimate of drug-likeness (QED) is 0.545. The maximum Gasteiger partial charge on any atom is 0.228 e. The number of carbonyl (C=O) groups excluding carboxylic acids is 1. The standard InChI is InChI=1S/C26H27ClN2O4S/c1-15-4-7-20(16(2)10-15)24(22-8-9-23(27)33-22)21-12-26(21,25(28)30)19-6-5-17-13-29(34(3,31)32)14-18(17)11-19/h4-11,21,24H,12-14H2,1-3H3,(H2,28,30). The lowest BCUT2D eigenvalue weighted by Gasteiger charge is -2.23. The Morgan fingerprint density at radius 2 is 1.85 bits per heavy atom. The van der Waals surface area contributed by atoms with E-state index in [9.17, 15) is 13.2 Å². The number of amides is 1. The van der Waals surface area contributed by atoms with Gasteiger partial charge in [0, 0.05) is 19.0 Å². The van der Waals surface area contributed by atoms with Crippen LogP contribution in [-0.2, 0) is 33.3 Å². The van der Waals surface area contributed by atoms with E-state index in [0.29, 0.717) is 30.5 Å². The Morgan fingerprint density at radius 3 is 2.47 bits per heavy atom. The number of rotatable bonds is 6. The first-order valence-electron chi connectivity index (χ1n) is 11.2. The average Bonchev–Trinajstić information content (AvgIpc) is 3.09. The highest BCUT2D eigenvalue weighted by molar-refractivity contribution is 7.88. The number of primary amides is 1. The fourth-order valence-corrected chi connectivity index (χ4v) is 6.46. The van der Waals surface area contributed by atoms with Gasteiger partial charge in [-0.25, -0.2) is 8.42 Å². The lowest BCUT2D eigenvalue weighted by Crippen LogP contribution is -2.32. The number of benzene rings is 2. The van der Waals surface area contributed by atoms with Gasteiger partial charge in [-0.15, -0.1) is 0 Å². The van der Waals surface area contributed by atoms with Gasteiger partial charge in [0.05, 0.1) is 11.7 Å². The van der Waals surface area contributed by atoms with Crippen molar-refractivity contribution in [2.75, 3.05) is 6.26 Å². The SMILES string of the molecule is Cc1ccc(C(c2ccc(Cl)o2)C2CC2(C(N)=O)c2ccc3c(c2)CN(S(C)(=O)=O)C3)c(C)c1. The second-order valence-corrected chi connectivity index (χ2v) is 12.0. The van der Waals surface area contributed by atoms with Crippen LogP contribution in [0.3, 0.4) is 0 Å². The van der Waals surface area contributed by atoms with E-state index in [1.807, 2.05) is 31.2 Å². The molecular formula is C26H27ClN2O4S. The number of hydrogen-bond acceptors (Lipinski definition) is 4. The minimum absolute atomic E-state index is 0.112. The van der Waals surface area contributed by atoms with Crippen LogP contribution in [0.15, 0.2) is 52.9 Å². The fourth-order valence-electron chi connectivity index (χ4n) is 5.56. The molecule has 2 N–H and O–H groups in total. The molecule has 0 saturated heterocycles. The third-order valence-corrected chi connectivity index (χ3v) is 8.80. The number of aryl methyl sites for hydroxylation is 2. The lowest BCUT2D eigenvalue weighted by atomic mass is 9.81. The van der Waals surface area contributed by atoms with E-state index < -0.39 is 15.4 Å². The van der Waals surface area contributed by atoms with E-state index in [1.54, 1.807) is 6.07 Å². The fraction of sp³-hybridized carbons (Fsp3) is 0.346. The number of fused-ring (bicyclic) bond motifs is 1. The van der Waals surface area contributed by atoms with Gasteiger partial charge in [-0.1, -0.05) is 42.0 Å². The second-order valence-electron chi connectivity index (χ2n) is 9.64. The van der Waals surface area contributed by atoms with Crippen LogP contribution in [0.4, 0.5) is 0 Å². The number of nitrogens with two attached hydrogens (primary N) is 1. The first-order valence-corrected chi connectivity index (χ1v) is 13.4. The molecule has 1 aliphatic carbocycles. The molecule has 6 nitrogen and oxygen atoms in total. The van der Waals surface area contributed by atoms with Gasteiger partial charge in [-0.3, -0.25) is 4.79 Å². The van der Waals surface area contributed by atoms with Crippen molar-refractivity contribution < 1.29 is 17.6 Å². The van der Waals surface area contributed by atoms with Crippen LogP contribution in [0.1, 0.15) is 51.5 Å². The molecule has 1 amide bonds. The summed E-state index contributed by atoms with van der Waals surface area (Å²) in [4.78, 5) is 13.0. The number of halogens is 1. The predicted octanol–water partition coefficient (Wildman–Crippen LogP) is 4.40. The maximum absolute atomic E-state index is 13.0. The number of carbonyl (C=O) groups is 1. The molecule has 0 spiro atoms. The third-order valence-electron chi connectivity index (χ3n) is 7.40. The molecule has 8 heteroatoms. The van der Waals surface area contributed by atoms with Crippen LogP contribution >= 0.6 is 11.6 Å². The summed E-state index contributed by atoms with van der Waals surface area (Å²) in [5, 5.41) is 0.300. The maximum atomic E-state index is 13.0. The Hall–Kier alpha value is -2.61. The molecule has 5 rings (SSSR count). The van der Waals surface area contributed by atoms with Gasteiger partial charge >= 0.3 is 0 Å². The summed E-state index contributed by atoms with van der Waals surface area (Å²) < 4.78 is 31.4. The van der Waals surface area contributed by atoms with Crippen molar-refractivity contribution in [3.05, 3.63) is 92.9 Å². The van der Waals surface area contributed by atoms with Gasteiger partial charge < -0.3 is 10.2 Å². The molecule has 3 unspecified atom stereocenters. The minimum atomic E-state index is -3.30. The number of hydrogen-bond donors (Lipinski definition) is 1. The molecule has 2 heterocycles. The largest absolute Gasteiger partial charge is 0.449 e. The van der Waals surface area contributed by atoms with Crippen LogP contribution in [0, 0.1) is 19.8 Å². The van der Waals surface area contributed by atoms with E-state index in [4.69, 9.17) is 21.8 Å². The van der Waals surface area contributed by atoms with E-state index in [1.165, 1.54) is 10.6 Å². The summed E-state index contributed by atoms with van der Waals surface area (Å²) in [5.41, 5.74) is 11.2. The zero-order chi connectivity index (χ0) is 24.4. The van der Waals surface area contributed by atoms with Crippen molar-refractivity contribution in [1.82, 2.24) is 4.31 Å². The molecule has 34 heavy (non-hydrogen) atoms.